The van der Waals surface area contributed by atoms with Gasteiger partial charge in [-0.3, -0.25) is 4.68 Å². The van der Waals surface area contributed by atoms with Crippen LogP contribution in [0.4, 0.5) is 16.2 Å². The SMILES string of the molecule is Cn1nc2nc(NC3CC3)nc(-c3ccccc3F)c2c1N. The second-order valence-corrected chi connectivity index (χ2v) is 5.50. The van der Waals surface area contributed by atoms with Crippen LogP contribution >= 0.6 is 0 Å². The number of nitrogens with two attached hydrogens (primary N) is 1. The van der Waals surface area contributed by atoms with Gasteiger partial charge >= 0.3 is 0 Å². The Morgan fingerprint density at radius 2 is 2.05 bits per heavy atom. The monoisotopic (exact) mass is 298 g/mol. The largest absolute Gasteiger partial charge is 0.383 e. The van der Waals surface area contributed by atoms with Gasteiger partial charge in [-0.1, -0.05) is 12.1 Å². The highest BCUT2D eigenvalue weighted by Gasteiger charge is 2.24. The van der Waals surface area contributed by atoms with Crippen molar-refractivity contribution in [3.8, 4) is 11.3 Å². The van der Waals surface area contributed by atoms with E-state index >= 15 is 0 Å². The number of hydrogen-bond acceptors (Lipinski definition) is 5. The Hall–Kier alpha value is -2.70. The summed E-state index contributed by atoms with van der Waals surface area (Å²) in [5.41, 5.74) is 7.40. The smallest absolute Gasteiger partial charge is 0.225 e. The van der Waals surface area contributed by atoms with Gasteiger partial charge in [0.15, 0.2) is 5.65 Å². The fourth-order valence-corrected chi connectivity index (χ4v) is 2.44. The van der Waals surface area contributed by atoms with Gasteiger partial charge in [0.2, 0.25) is 5.95 Å². The number of aryl methyl sites for hydroxylation is 1. The van der Waals surface area contributed by atoms with Crippen molar-refractivity contribution in [2.45, 2.75) is 18.9 Å². The number of anilines is 2. The number of halogens is 1. The molecular weight excluding hydrogens is 283 g/mol. The molecule has 2 aromatic heterocycles. The number of aromatic nitrogens is 4. The van der Waals surface area contributed by atoms with Gasteiger partial charge in [0.1, 0.15) is 11.6 Å². The molecule has 0 atom stereocenters. The van der Waals surface area contributed by atoms with E-state index in [0.29, 0.717) is 40.1 Å². The van der Waals surface area contributed by atoms with Crippen molar-refractivity contribution in [1.82, 2.24) is 19.7 Å². The third-order valence-electron chi connectivity index (χ3n) is 3.78. The van der Waals surface area contributed by atoms with Crippen LogP contribution in [-0.4, -0.2) is 25.8 Å². The lowest BCUT2D eigenvalue weighted by Crippen LogP contribution is -2.06. The first-order valence-corrected chi connectivity index (χ1v) is 7.15. The van der Waals surface area contributed by atoms with E-state index < -0.39 is 0 Å². The number of rotatable bonds is 3. The molecule has 3 aromatic rings. The minimum atomic E-state index is -0.344. The molecule has 0 saturated heterocycles. The predicted molar refractivity (Wildman–Crippen MR) is 82.8 cm³/mol. The number of nitrogen functional groups attached to an aromatic ring is 1. The minimum absolute atomic E-state index is 0.344. The van der Waals surface area contributed by atoms with E-state index in [1.54, 1.807) is 25.2 Å². The summed E-state index contributed by atoms with van der Waals surface area (Å²) in [6, 6.07) is 6.90. The van der Waals surface area contributed by atoms with Gasteiger partial charge in [-0.2, -0.15) is 10.1 Å². The topological polar surface area (TPSA) is 81.7 Å². The number of nitrogens with one attached hydrogen (secondary N) is 1. The number of benzene rings is 1. The Morgan fingerprint density at radius 3 is 2.77 bits per heavy atom. The molecule has 6 nitrogen and oxygen atoms in total. The average Bonchev–Trinajstić information content (AvgIpc) is 3.25. The average molecular weight is 298 g/mol. The molecule has 1 saturated carbocycles. The fourth-order valence-electron chi connectivity index (χ4n) is 2.44. The van der Waals surface area contributed by atoms with Crippen LogP contribution in [0.15, 0.2) is 24.3 Å². The summed E-state index contributed by atoms with van der Waals surface area (Å²) in [5, 5.41) is 8.10. The maximum atomic E-state index is 14.2. The first-order chi connectivity index (χ1) is 10.6. The van der Waals surface area contributed by atoms with Crippen LogP contribution in [0.3, 0.4) is 0 Å². The summed E-state index contributed by atoms with van der Waals surface area (Å²) in [4.78, 5) is 8.89. The molecular formula is C15H15FN6. The quantitative estimate of drug-likeness (QED) is 0.775. The highest BCUT2D eigenvalue weighted by Crippen LogP contribution is 2.33. The Labute approximate surface area is 126 Å². The second-order valence-electron chi connectivity index (χ2n) is 5.50. The highest BCUT2D eigenvalue weighted by atomic mass is 19.1. The van der Waals surface area contributed by atoms with Crippen LogP contribution in [0.5, 0.6) is 0 Å². The molecule has 0 amide bonds. The molecule has 0 spiro atoms. The zero-order chi connectivity index (χ0) is 15.3. The van der Waals surface area contributed by atoms with Crippen molar-refractivity contribution in [2.75, 3.05) is 11.1 Å². The van der Waals surface area contributed by atoms with Gasteiger partial charge in [0.25, 0.3) is 0 Å². The van der Waals surface area contributed by atoms with Crippen molar-refractivity contribution in [1.29, 1.82) is 0 Å². The van der Waals surface area contributed by atoms with Crippen molar-refractivity contribution in [2.24, 2.45) is 7.05 Å². The van der Waals surface area contributed by atoms with Gasteiger partial charge in [-0.15, -0.1) is 0 Å². The first-order valence-electron chi connectivity index (χ1n) is 7.15. The summed E-state index contributed by atoms with van der Waals surface area (Å²) < 4.78 is 15.7. The van der Waals surface area contributed by atoms with Gasteiger partial charge in [0, 0.05) is 18.7 Å². The van der Waals surface area contributed by atoms with Crippen LogP contribution < -0.4 is 11.1 Å². The molecule has 2 heterocycles. The number of nitrogens with zero attached hydrogens (tertiary/aromatic N) is 4. The zero-order valence-corrected chi connectivity index (χ0v) is 12.0. The van der Waals surface area contributed by atoms with Crippen molar-refractivity contribution >= 4 is 22.8 Å². The minimum Gasteiger partial charge on any atom is -0.383 e. The molecule has 3 N–H and O–H groups in total. The summed E-state index contributed by atoms with van der Waals surface area (Å²) in [7, 11) is 1.73. The zero-order valence-electron chi connectivity index (χ0n) is 12.0. The molecule has 0 unspecified atom stereocenters. The molecule has 4 rings (SSSR count). The summed E-state index contributed by atoms with van der Waals surface area (Å²) in [6.45, 7) is 0. The van der Waals surface area contributed by atoms with Gasteiger partial charge in [-0.25, -0.2) is 9.37 Å². The molecule has 1 aromatic carbocycles. The maximum absolute atomic E-state index is 14.2. The van der Waals surface area contributed by atoms with Crippen molar-refractivity contribution < 1.29 is 4.39 Å². The van der Waals surface area contributed by atoms with E-state index in [1.165, 1.54) is 10.7 Å². The van der Waals surface area contributed by atoms with Crippen LogP contribution in [-0.2, 0) is 7.05 Å². The van der Waals surface area contributed by atoms with Crippen molar-refractivity contribution in [3.63, 3.8) is 0 Å². The molecule has 112 valence electrons. The Balaban J connectivity index is 1.99. The van der Waals surface area contributed by atoms with Crippen LogP contribution in [0.2, 0.25) is 0 Å². The summed E-state index contributed by atoms with van der Waals surface area (Å²) in [5.74, 6) is 0.542. The van der Waals surface area contributed by atoms with E-state index in [1.807, 2.05) is 0 Å². The number of fused-ring (bicyclic) bond motifs is 1. The third-order valence-corrected chi connectivity index (χ3v) is 3.78. The molecule has 1 fully saturated rings. The molecule has 0 aliphatic heterocycles. The van der Waals surface area contributed by atoms with Crippen LogP contribution in [0, 0.1) is 5.82 Å². The van der Waals surface area contributed by atoms with E-state index in [9.17, 15) is 4.39 Å². The molecule has 7 heteroatoms. The van der Waals surface area contributed by atoms with E-state index in [0.717, 1.165) is 12.8 Å². The summed E-state index contributed by atoms with van der Waals surface area (Å²) in [6.07, 6.45) is 2.20. The standard InChI is InChI=1S/C15H15FN6/c1-22-13(17)11-12(9-4-2-3-5-10(9)16)19-15(18-8-6-7-8)20-14(11)21-22/h2-5,8H,6-7,17H2,1H3,(H,18,20,21). The third kappa shape index (κ3) is 2.05. The fraction of sp³-hybridized carbons (Fsp3) is 0.267. The summed E-state index contributed by atoms with van der Waals surface area (Å²) >= 11 is 0. The van der Waals surface area contributed by atoms with Crippen molar-refractivity contribution in [3.05, 3.63) is 30.1 Å². The van der Waals surface area contributed by atoms with Gasteiger partial charge in [-0.05, 0) is 25.0 Å². The highest BCUT2D eigenvalue weighted by molar-refractivity contribution is 5.98. The normalized spacial score (nSPS) is 14.5. The Kier molecular flexibility index (Phi) is 2.75. The van der Waals surface area contributed by atoms with E-state index in [-0.39, 0.29) is 5.82 Å². The molecule has 1 aliphatic carbocycles. The maximum Gasteiger partial charge on any atom is 0.225 e. The lowest BCUT2D eigenvalue weighted by molar-refractivity contribution is 0.631. The Bertz CT molecular complexity index is 868. The first kappa shape index (κ1) is 13.0. The van der Waals surface area contributed by atoms with Gasteiger partial charge < -0.3 is 11.1 Å². The molecule has 1 aliphatic rings. The molecule has 0 radical (unpaired) electrons. The molecule has 22 heavy (non-hydrogen) atoms. The lowest BCUT2D eigenvalue weighted by Gasteiger charge is -2.08. The number of hydrogen-bond donors (Lipinski definition) is 2. The molecule has 0 bridgehead atoms. The second kappa shape index (κ2) is 4.66. The van der Waals surface area contributed by atoms with E-state index in [2.05, 4.69) is 20.4 Å². The lowest BCUT2D eigenvalue weighted by atomic mass is 10.1. The van der Waals surface area contributed by atoms with Gasteiger partial charge in [0.05, 0.1) is 11.1 Å². The predicted octanol–water partition coefficient (Wildman–Crippen LogP) is 2.33. The van der Waals surface area contributed by atoms with E-state index in [4.69, 9.17) is 5.73 Å². The van der Waals surface area contributed by atoms with Crippen LogP contribution in [0.1, 0.15) is 12.8 Å². The van der Waals surface area contributed by atoms with Crippen LogP contribution in [0.25, 0.3) is 22.3 Å². The Morgan fingerprint density at radius 1 is 1.27 bits per heavy atom.